The topological polar surface area (TPSA) is 137 Å². The van der Waals surface area contributed by atoms with Crippen molar-refractivity contribution in [1.82, 2.24) is 5.32 Å². The van der Waals surface area contributed by atoms with Crippen LogP contribution in [0.5, 0.6) is 28.7 Å². The van der Waals surface area contributed by atoms with Crippen molar-refractivity contribution in [3.8, 4) is 34.8 Å². The number of aromatic hydroxyl groups is 5. The number of hydrogen-bond acceptors (Lipinski definition) is 7. The second-order valence-electron chi connectivity index (χ2n) is 5.21. The first-order valence-corrected chi connectivity index (χ1v) is 8.28. The lowest BCUT2D eigenvalue weighted by Crippen LogP contribution is -2.22. The zero-order chi connectivity index (χ0) is 19.4. The van der Waals surface area contributed by atoms with Gasteiger partial charge in [-0.1, -0.05) is 12.2 Å². The van der Waals surface area contributed by atoms with Gasteiger partial charge in [-0.15, -0.1) is 0 Å². The fourth-order valence-corrected chi connectivity index (χ4v) is 2.72. The summed E-state index contributed by atoms with van der Waals surface area (Å²) in [5, 5.41) is 59.6. The Morgan fingerprint density at radius 1 is 1.04 bits per heavy atom. The molecule has 7 nitrogen and oxygen atoms in total. The van der Waals surface area contributed by atoms with Gasteiger partial charge in [-0.2, -0.15) is 5.26 Å². The molecule has 0 radical (unpaired) electrons. The number of benzene rings is 2. The number of nitrogens with zero attached hydrogens (tertiary/aromatic N) is 1. The molecule has 26 heavy (non-hydrogen) atoms. The minimum absolute atomic E-state index is 0.0616. The molecule has 0 spiro atoms. The quantitative estimate of drug-likeness (QED) is 0.186. The number of rotatable bonds is 4. The van der Waals surface area contributed by atoms with Gasteiger partial charge in [-0.3, -0.25) is 0 Å². The molecular formula is C17H13BrN2O5S. The Labute approximate surface area is 162 Å². The van der Waals surface area contributed by atoms with Crippen LogP contribution in [-0.4, -0.2) is 30.5 Å². The normalized spacial score (nSPS) is 11.0. The summed E-state index contributed by atoms with van der Waals surface area (Å²) < 4.78 is 0.311. The molecule has 0 heterocycles. The number of halogens is 1. The molecule has 134 valence electrons. The number of phenols is 5. The maximum Gasteiger partial charge on any atom is 0.200 e. The minimum Gasteiger partial charge on any atom is -0.504 e. The highest BCUT2D eigenvalue weighted by Crippen LogP contribution is 2.36. The van der Waals surface area contributed by atoms with Crippen LogP contribution in [0.1, 0.15) is 11.1 Å². The van der Waals surface area contributed by atoms with Gasteiger partial charge >= 0.3 is 0 Å². The summed E-state index contributed by atoms with van der Waals surface area (Å²) in [6.45, 7) is 0.177. The molecule has 0 aromatic heterocycles. The first-order valence-electron chi connectivity index (χ1n) is 7.08. The first-order chi connectivity index (χ1) is 12.2. The summed E-state index contributed by atoms with van der Waals surface area (Å²) in [5.74, 6) is -2.29. The molecule has 2 aromatic rings. The third-order valence-electron chi connectivity index (χ3n) is 3.32. The third-order valence-corrected chi connectivity index (χ3v) is 4.29. The van der Waals surface area contributed by atoms with Gasteiger partial charge in [-0.05, 0) is 57.4 Å². The zero-order valence-corrected chi connectivity index (χ0v) is 15.5. The van der Waals surface area contributed by atoms with Crippen molar-refractivity contribution in [1.29, 1.82) is 5.26 Å². The van der Waals surface area contributed by atoms with Gasteiger partial charge in [0.05, 0.1) is 10.0 Å². The third kappa shape index (κ3) is 4.36. The highest BCUT2D eigenvalue weighted by molar-refractivity contribution is 9.10. The SMILES string of the molecule is N#CC(=Cc1cc(O)c(O)c(O)c1)C(=S)NCc1cc(O)c(O)c(Br)c1. The second-order valence-corrected chi connectivity index (χ2v) is 6.47. The predicted molar refractivity (Wildman–Crippen MR) is 102 cm³/mol. The largest absolute Gasteiger partial charge is 0.504 e. The van der Waals surface area contributed by atoms with Crippen molar-refractivity contribution in [3.05, 3.63) is 45.4 Å². The molecule has 0 amide bonds. The molecule has 2 aromatic carbocycles. The Kier molecular flexibility index (Phi) is 5.92. The van der Waals surface area contributed by atoms with Gasteiger partial charge in [0.2, 0.25) is 0 Å². The molecule has 0 aliphatic heterocycles. The Hall–Kier alpha value is -2.96. The van der Waals surface area contributed by atoms with E-state index in [1.165, 1.54) is 24.3 Å². The molecule has 0 saturated heterocycles. The fourth-order valence-electron chi connectivity index (χ4n) is 2.04. The van der Waals surface area contributed by atoms with Crippen molar-refractivity contribution in [2.75, 3.05) is 0 Å². The van der Waals surface area contributed by atoms with E-state index in [1.54, 1.807) is 6.07 Å². The maximum atomic E-state index is 9.60. The Morgan fingerprint density at radius 2 is 1.62 bits per heavy atom. The molecule has 0 unspecified atom stereocenters. The highest BCUT2D eigenvalue weighted by atomic mass is 79.9. The van der Waals surface area contributed by atoms with Crippen LogP contribution in [-0.2, 0) is 6.54 Å². The van der Waals surface area contributed by atoms with Crippen molar-refractivity contribution in [2.45, 2.75) is 6.54 Å². The van der Waals surface area contributed by atoms with E-state index in [9.17, 15) is 30.8 Å². The number of phenolic OH excluding ortho intramolecular Hbond substituents is 5. The van der Waals surface area contributed by atoms with Gasteiger partial charge in [0.1, 0.15) is 11.1 Å². The number of hydrogen-bond donors (Lipinski definition) is 6. The number of nitriles is 1. The van der Waals surface area contributed by atoms with Crippen LogP contribution in [0.15, 0.2) is 34.3 Å². The van der Waals surface area contributed by atoms with E-state index in [1.807, 2.05) is 6.07 Å². The standard InChI is InChI=1S/C17H13BrN2O5S/c18-11-2-9(5-12(21)15(11)24)7-20-17(26)10(6-19)1-8-3-13(22)16(25)14(23)4-8/h1-5,21-25H,7H2,(H,20,26). The fraction of sp³-hybridized carbons (Fsp3) is 0.0588. The summed E-state index contributed by atoms with van der Waals surface area (Å²) in [4.78, 5) is 0.100. The van der Waals surface area contributed by atoms with Crippen LogP contribution < -0.4 is 5.32 Å². The van der Waals surface area contributed by atoms with Crippen molar-refractivity contribution >= 4 is 39.2 Å². The van der Waals surface area contributed by atoms with E-state index in [0.29, 0.717) is 10.0 Å². The van der Waals surface area contributed by atoms with Crippen molar-refractivity contribution < 1.29 is 25.5 Å². The van der Waals surface area contributed by atoms with Crippen LogP contribution in [0.25, 0.3) is 6.08 Å². The molecule has 0 atom stereocenters. The van der Waals surface area contributed by atoms with E-state index in [2.05, 4.69) is 21.2 Å². The van der Waals surface area contributed by atoms with Gasteiger partial charge < -0.3 is 30.8 Å². The number of thiocarbonyl (C=S) groups is 1. The number of nitrogens with one attached hydrogen (secondary N) is 1. The molecule has 0 fully saturated rings. The molecule has 6 N–H and O–H groups in total. The molecular weight excluding hydrogens is 424 g/mol. The Bertz CT molecular complexity index is 907. The summed E-state index contributed by atoms with van der Waals surface area (Å²) in [5.41, 5.74) is 0.932. The average Bonchev–Trinajstić information content (AvgIpc) is 2.59. The molecule has 0 bridgehead atoms. The lowest BCUT2D eigenvalue weighted by molar-refractivity contribution is 0.368. The van der Waals surface area contributed by atoms with Gasteiger partial charge in [0, 0.05) is 6.54 Å². The predicted octanol–water partition coefficient (Wildman–Crippen LogP) is 3.00. The zero-order valence-electron chi connectivity index (χ0n) is 13.1. The van der Waals surface area contributed by atoms with E-state index in [4.69, 9.17) is 12.2 Å². The van der Waals surface area contributed by atoms with E-state index in [-0.39, 0.29) is 34.2 Å². The molecule has 0 saturated carbocycles. The summed E-state index contributed by atoms with van der Waals surface area (Å²) >= 11 is 8.26. The van der Waals surface area contributed by atoms with Crippen molar-refractivity contribution in [3.63, 3.8) is 0 Å². The van der Waals surface area contributed by atoms with Crippen LogP contribution in [0.3, 0.4) is 0 Å². The van der Waals surface area contributed by atoms with Crippen molar-refractivity contribution in [2.24, 2.45) is 0 Å². The van der Waals surface area contributed by atoms with Gasteiger partial charge in [0.25, 0.3) is 0 Å². The van der Waals surface area contributed by atoms with E-state index < -0.39 is 17.2 Å². The van der Waals surface area contributed by atoms with Crippen LogP contribution in [0.4, 0.5) is 0 Å². The second kappa shape index (κ2) is 7.95. The Balaban J connectivity index is 2.18. The van der Waals surface area contributed by atoms with Crippen LogP contribution >= 0.6 is 28.1 Å². The van der Waals surface area contributed by atoms with Gasteiger partial charge in [0.15, 0.2) is 28.7 Å². The maximum absolute atomic E-state index is 9.60. The summed E-state index contributed by atoms with van der Waals surface area (Å²) in [7, 11) is 0. The monoisotopic (exact) mass is 436 g/mol. The van der Waals surface area contributed by atoms with E-state index in [0.717, 1.165) is 0 Å². The molecule has 0 aliphatic carbocycles. The first kappa shape index (κ1) is 19.4. The minimum atomic E-state index is -0.654. The smallest absolute Gasteiger partial charge is 0.200 e. The lowest BCUT2D eigenvalue weighted by Gasteiger charge is -2.09. The Morgan fingerprint density at radius 3 is 2.15 bits per heavy atom. The van der Waals surface area contributed by atoms with E-state index >= 15 is 0 Å². The summed E-state index contributed by atoms with van der Waals surface area (Å²) in [6.07, 6.45) is 1.33. The molecule has 0 aliphatic rings. The van der Waals surface area contributed by atoms with Crippen LogP contribution in [0.2, 0.25) is 0 Å². The summed E-state index contributed by atoms with van der Waals surface area (Å²) in [6, 6.07) is 7.18. The van der Waals surface area contributed by atoms with Gasteiger partial charge in [-0.25, -0.2) is 0 Å². The average molecular weight is 437 g/mol. The molecule has 9 heteroatoms. The lowest BCUT2D eigenvalue weighted by atomic mass is 10.1. The molecule has 2 rings (SSSR count). The highest BCUT2D eigenvalue weighted by Gasteiger charge is 2.11. The van der Waals surface area contributed by atoms with Crippen LogP contribution in [0, 0.1) is 11.3 Å².